The highest BCUT2D eigenvalue weighted by atomic mass is 16.3. The molecule has 0 aliphatic carbocycles. The van der Waals surface area contributed by atoms with Crippen LogP contribution in [0.15, 0.2) is 41.0 Å². The van der Waals surface area contributed by atoms with Gasteiger partial charge in [0.25, 0.3) is 0 Å². The lowest BCUT2D eigenvalue weighted by atomic mass is 9.96. The molecule has 1 aromatic carbocycles. The summed E-state index contributed by atoms with van der Waals surface area (Å²) in [6.07, 6.45) is 2.85. The second-order valence-electron chi connectivity index (χ2n) is 4.69. The van der Waals surface area contributed by atoms with Crippen LogP contribution in [0.3, 0.4) is 0 Å². The van der Waals surface area contributed by atoms with Crippen LogP contribution in [0, 0.1) is 13.8 Å². The molecule has 1 unspecified atom stereocenters. The van der Waals surface area contributed by atoms with Gasteiger partial charge in [-0.1, -0.05) is 25.1 Å². The Bertz CT molecular complexity index is 488. The van der Waals surface area contributed by atoms with Crippen LogP contribution in [0.5, 0.6) is 0 Å². The van der Waals surface area contributed by atoms with E-state index in [1.807, 2.05) is 12.1 Å². The van der Waals surface area contributed by atoms with Crippen LogP contribution in [0.25, 0.3) is 0 Å². The maximum Gasteiger partial charge on any atom is 0.125 e. The molecule has 18 heavy (non-hydrogen) atoms. The van der Waals surface area contributed by atoms with E-state index in [4.69, 9.17) is 4.42 Å². The summed E-state index contributed by atoms with van der Waals surface area (Å²) in [5, 5.41) is 3.56. The van der Waals surface area contributed by atoms with Gasteiger partial charge in [-0.05, 0) is 55.6 Å². The van der Waals surface area contributed by atoms with Gasteiger partial charge in [0.15, 0.2) is 0 Å². The van der Waals surface area contributed by atoms with Gasteiger partial charge in [-0.3, -0.25) is 0 Å². The number of hydrogen-bond acceptors (Lipinski definition) is 2. The molecule has 0 spiro atoms. The minimum absolute atomic E-state index is 0.153. The maximum absolute atomic E-state index is 5.58. The third-order valence-electron chi connectivity index (χ3n) is 3.38. The van der Waals surface area contributed by atoms with E-state index in [0.29, 0.717) is 0 Å². The summed E-state index contributed by atoms with van der Waals surface area (Å²) in [5.41, 5.74) is 3.96. The zero-order chi connectivity index (χ0) is 13.0. The normalized spacial score (nSPS) is 12.6. The molecule has 0 fully saturated rings. The van der Waals surface area contributed by atoms with Gasteiger partial charge in [-0.2, -0.15) is 0 Å². The second-order valence-corrected chi connectivity index (χ2v) is 4.69. The van der Waals surface area contributed by atoms with Crippen molar-refractivity contribution in [3.8, 4) is 0 Å². The van der Waals surface area contributed by atoms with Crippen LogP contribution >= 0.6 is 0 Å². The van der Waals surface area contributed by atoms with Crippen LogP contribution in [0.1, 0.15) is 41.8 Å². The summed E-state index contributed by atoms with van der Waals surface area (Å²) >= 11 is 0. The molecule has 2 nitrogen and oxygen atoms in total. The highest BCUT2D eigenvalue weighted by Crippen LogP contribution is 2.26. The van der Waals surface area contributed by atoms with Gasteiger partial charge < -0.3 is 9.73 Å². The largest absolute Gasteiger partial charge is 0.467 e. The van der Waals surface area contributed by atoms with E-state index in [0.717, 1.165) is 18.7 Å². The Hall–Kier alpha value is -1.54. The first-order valence-electron chi connectivity index (χ1n) is 6.57. The average Bonchev–Trinajstić information content (AvgIpc) is 2.88. The Morgan fingerprint density at radius 1 is 1.17 bits per heavy atom. The van der Waals surface area contributed by atoms with Crippen molar-refractivity contribution in [3.63, 3.8) is 0 Å². The van der Waals surface area contributed by atoms with Crippen LogP contribution < -0.4 is 5.32 Å². The fourth-order valence-corrected chi connectivity index (χ4v) is 2.19. The van der Waals surface area contributed by atoms with E-state index in [9.17, 15) is 0 Å². The summed E-state index contributed by atoms with van der Waals surface area (Å²) in [5.74, 6) is 0.983. The van der Waals surface area contributed by atoms with Crippen LogP contribution in [-0.4, -0.2) is 6.54 Å². The summed E-state index contributed by atoms with van der Waals surface area (Å²) in [6.45, 7) is 7.49. The zero-order valence-corrected chi connectivity index (χ0v) is 11.4. The molecule has 2 heteroatoms. The van der Waals surface area contributed by atoms with E-state index in [2.05, 4.69) is 44.3 Å². The van der Waals surface area contributed by atoms with Crippen molar-refractivity contribution in [1.82, 2.24) is 5.32 Å². The van der Waals surface area contributed by atoms with Crippen molar-refractivity contribution in [3.05, 3.63) is 59.0 Å². The Kier molecular flexibility index (Phi) is 4.21. The van der Waals surface area contributed by atoms with Crippen LogP contribution in [-0.2, 0) is 0 Å². The monoisotopic (exact) mass is 243 g/mol. The molecule has 0 radical (unpaired) electrons. The minimum Gasteiger partial charge on any atom is -0.467 e. The van der Waals surface area contributed by atoms with Gasteiger partial charge in [0.1, 0.15) is 5.76 Å². The lowest BCUT2D eigenvalue weighted by Crippen LogP contribution is -2.23. The van der Waals surface area contributed by atoms with E-state index in [1.165, 1.54) is 16.7 Å². The first-order valence-corrected chi connectivity index (χ1v) is 6.57. The van der Waals surface area contributed by atoms with Crippen molar-refractivity contribution in [2.75, 3.05) is 6.54 Å². The maximum atomic E-state index is 5.58. The van der Waals surface area contributed by atoms with E-state index >= 15 is 0 Å². The van der Waals surface area contributed by atoms with E-state index in [-0.39, 0.29) is 6.04 Å². The number of hydrogen-bond donors (Lipinski definition) is 1. The Labute approximate surface area is 109 Å². The molecule has 1 heterocycles. The number of aryl methyl sites for hydroxylation is 1. The summed E-state index contributed by atoms with van der Waals surface area (Å²) in [6, 6.07) is 10.6. The third kappa shape index (κ3) is 2.65. The van der Waals surface area contributed by atoms with Crippen LogP contribution in [0.4, 0.5) is 0 Å². The third-order valence-corrected chi connectivity index (χ3v) is 3.38. The quantitative estimate of drug-likeness (QED) is 0.859. The summed E-state index contributed by atoms with van der Waals surface area (Å²) in [7, 11) is 0. The van der Waals surface area contributed by atoms with Crippen molar-refractivity contribution >= 4 is 0 Å². The number of benzene rings is 1. The molecule has 1 atom stereocenters. The van der Waals surface area contributed by atoms with Gasteiger partial charge in [-0.15, -0.1) is 0 Å². The van der Waals surface area contributed by atoms with Crippen molar-refractivity contribution in [2.45, 2.75) is 33.2 Å². The molecule has 0 saturated heterocycles. The van der Waals surface area contributed by atoms with Gasteiger partial charge in [-0.25, -0.2) is 0 Å². The SMILES string of the molecule is CCCNC(c1ccco1)c1cccc(C)c1C. The average molecular weight is 243 g/mol. The van der Waals surface area contributed by atoms with Gasteiger partial charge in [0.2, 0.25) is 0 Å². The smallest absolute Gasteiger partial charge is 0.125 e. The lowest BCUT2D eigenvalue weighted by Gasteiger charge is -2.20. The Morgan fingerprint density at radius 2 is 2.00 bits per heavy atom. The van der Waals surface area contributed by atoms with Gasteiger partial charge in [0, 0.05) is 0 Å². The lowest BCUT2D eigenvalue weighted by molar-refractivity contribution is 0.445. The predicted molar refractivity (Wildman–Crippen MR) is 74.8 cm³/mol. The molecule has 0 aliphatic heterocycles. The molecule has 0 bridgehead atoms. The first-order chi connectivity index (χ1) is 8.74. The summed E-state index contributed by atoms with van der Waals surface area (Å²) < 4.78 is 5.58. The molecule has 1 aromatic heterocycles. The van der Waals surface area contributed by atoms with Crippen molar-refractivity contribution in [1.29, 1.82) is 0 Å². The topological polar surface area (TPSA) is 25.2 Å². The molecule has 1 N–H and O–H groups in total. The molecule has 0 amide bonds. The Balaban J connectivity index is 2.37. The predicted octanol–water partition coefficient (Wildman–Crippen LogP) is 3.99. The first kappa shape index (κ1) is 12.9. The molecule has 0 aliphatic rings. The van der Waals surface area contributed by atoms with Gasteiger partial charge in [0.05, 0.1) is 12.3 Å². The number of rotatable bonds is 5. The van der Waals surface area contributed by atoms with E-state index in [1.54, 1.807) is 6.26 Å². The fraction of sp³-hybridized carbons (Fsp3) is 0.375. The number of furan rings is 1. The second kappa shape index (κ2) is 5.87. The van der Waals surface area contributed by atoms with E-state index < -0.39 is 0 Å². The zero-order valence-electron chi connectivity index (χ0n) is 11.4. The fourth-order valence-electron chi connectivity index (χ4n) is 2.19. The standard InChI is InChI=1S/C16H21NO/c1-4-10-17-16(15-9-6-11-18-15)14-8-5-7-12(2)13(14)3/h5-9,11,16-17H,4,10H2,1-3H3. The van der Waals surface area contributed by atoms with Gasteiger partial charge >= 0.3 is 0 Å². The van der Waals surface area contributed by atoms with Crippen molar-refractivity contribution < 1.29 is 4.42 Å². The summed E-state index contributed by atoms with van der Waals surface area (Å²) in [4.78, 5) is 0. The van der Waals surface area contributed by atoms with Crippen LogP contribution in [0.2, 0.25) is 0 Å². The Morgan fingerprint density at radius 3 is 2.67 bits per heavy atom. The molecular weight excluding hydrogens is 222 g/mol. The highest BCUT2D eigenvalue weighted by molar-refractivity contribution is 5.38. The molecule has 2 aromatic rings. The minimum atomic E-state index is 0.153. The molecular formula is C16H21NO. The number of nitrogens with one attached hydrogen (secondary N) is 1. The van der Waals surface area contributed by atoms with Crippen molar-refractivity contribution in [2.24, 2.45) is 0 Å². The molecule has 0 saturated carbocycles. The molecule has 2 rings (SSSR count). The highest BCUT2D eigenvalue weighted by Gasteiger charge is 2.18. The molecule has 96 valence electrons.